The lowest BCUT2D eigenvalue weighted by molar-refractivity contribution is 0.0928. The SMILES string of the molecule is CCn1c(-c2ccccc2)c(C(=O)CN2CCN(c3ccccc3OC)CC2)c2ccccc21. The molecule has 0 saturated carbocycles. The Balaban J connectivity index is 1.41. The van der Waals surface area contributed by atoms with Crippen LogP contribution < -0.4 is 9.64 Å². The number of carbonyl (C=O) groups excluding carboxylic acids is 1. The predicted octanol–water partition coefficient (Wildman–Crippen LogP) is 5.34. The molecule has 2 heterocycles. The Morgan fingerprint density at radius 2 is 1.53 bits per heavy atom. The van der Waals surface area contributed by atoms with Gasteiger partial charge < -0.3 is 14.2 Å². The van der Waals surface area contributed by atoms with Gasteiger partial charge in [-0.1, -0.05) is 60.7 Å². The number of aromatic nitrogens is 1. The highest BCUT2D eigenvalue weighted by Gasteiger charge is 2.26. The molecule has 0 bridgehead atoms. The third-order valence-electron chi connectivity index (χ3n) is 6.78. The second-order valence-corrected chi connectivity index (χ2v) is 8.71. The van der Waals surface area contributed by atoms with E-state index in [0.29, 0.717) is 6.54 Å². The summed E-state index contributed by atoms with van der Waals surface area (Å²) < 4.78 is 7.82. The fourth-order valence-corrected chi connectivity index (χ4v) is 5.13. The molecule has 1 fully saturated rings. The average Bonchev–Trinajstić information content (AvgIpc) is 3.24. The maximum absolute atomic E-state index is 13.8. The summed E-state index contributed by atoms with van der Waals surface area (Å²) in [6, 6.07) is 26.7. The molecule has 5 heteroatoms. The number of benzene rings is 3. The average molecular weight is 454 g/mol. The Morgan fingerprint density at radius 1 is 0.853 bits per heavy atom. The third-order valence-corrected chi connectivity index (χ3v) is 6.78. The topological polar surface area (TPSA) is 37.7 Å². The summed E-state index contributed by atoms with van der Waals surface area (Å²) in [4.78, 5) is 18.4. The molecule has 0 atom stereocenters. The predicted molar refractivity (Wildman–Crippen MR) is 139 cm³/mol. The first-order valence-electron chi connectivity index (χ1n) is 12.0. The second kappa shape index (κ2) is 9.74. The molecular weight excluding hydrogens is 422 g/mol. The maximum Gasteiger partial charge on any atom is 0.179 e. The zero-order chi connectivity index (χ0) is 23.5. The number of carbonyl (C=O) groups is 1. The highest BCUT2D eigenvalue weighted by Crippen LogP contribution is 2.35. The number of rotatable bonds is 7. The summed E-state index contributed by atoms with van der Waals surface area (Å²) in [5.74, 6) is 1.08. The van der Waals surface area contributed by atoms with Crippen molar-refractivity contribution in [3.05, 3.63) is 84.4 Å². The van der Waals surface area contributed by atoms with E-state index in [4.69, 9.17) is 4.74 Å². The van der Waals surface area contributed by atoms with Crippen LogP contribution in [0.2, 0.25) is 0 Å². The van der Waals surface area contributed by atoms with Crippen LogP contribution in [0.15, 0.2) is 78.9 Å². The number of hydrogen-bond acceptors (Lipinski definition) is 4. The number of piperazine rings is 1. The van der Waals surface area contributed by atoms with E-state index < -0.39 is 0 Å². The Labute approximate surface area is 201 Å². The molecular formula is C29H31N3O2. The van der Waals surface area contributed by atoms with Crippen LogP contribution in [0.3, 0.4) is 0 Å². The number of hydrogen-bond donors (Lipinski definition) is 0. The molecule has 174 valence electrons. The van der Waals surface area contributed by atoms with Gasteiger partial charge in [0.05, 0.1) is 30.6 Å². The summed E-state index contributed by atoms with van der Waals surface area (Å²) in [5.41, 5.74) is 5.20. The molecule has 0 unspecified atom stereocenters. The summed E-state index contributed by atoms with van der Waals surface area (Å²) >= 11 is 0. The number of aryl methyl sites for hydroxylation is 1. The molecule has 0 amide bonds. The number of fused-ring (bicyclic) bond motifs is 1. The van der Waals surface area contributed by atoms with Crippen LogP contribution in [0.25, 0.3) is 22.2 Å². The molecule has 1 saturated heterocycles. The summed E-state index contributed by atoms with van der Waals surface area (Å²) in [7, 11) is 1.71. The van der Waals surface area contributed by atoms with Gasteiger partial charge in [0.15, 0.2) is 5.78 Å². The van der Waals surface area contributed by atoms with E-state index in [1.54, 1.807) is 7.11 Å². The van der Waals surface area contributed by atoms with Crippen molar-refractivity contribution >= 4 is 22.4 Å². The number of Topliss-reactive ketones (excluding diaryl/α,β-unsaturated/α-hetero) is 1. The van der Waals surface area contributed by atoms with E-state index in [9.17, 15) is 4.79 Å². The minimum Gasteiger partial charge on any atom is -0.495 e. The number of anilines is 1. The minimum atomic E-state index is 0.188. The first kappa shape index (κ1) is 22.2. The Morgan fingerprint density at radius 3 is 2.26 bits per heavy atom. The molecule has 5 nitrogen and oxygen atoms in total. The molecule has 0 radical (unpaired) electrons. The first-order chi connectivity index (χ1) is 16.7. The molecule has 1 aromatic heterocycles. The van der Waals surface area contributed by atoms with Crippen molar-refractivity contribution in [2.45, 2.75) is 13.5 Å². The van der Waals surface area contributed by atoms with Crippen LogP contribution in [-0.2, 0) is 6.54 Å². The molecule has 5 rings (SSSR count). The molecule has 34 heavy (non-hydrogen) atoms. The van der Waals surface area contributed by atoms with Gasteiger partial charge in [-0.15, -0.1) is 0 Å². The lowest BCUT2D eigenvalue weighted by Crippen LogP contribution is -2.48. The van der Waals surface area contributed by atoms with Gasteiger partial charge >= 0.3 is 0 Å². The molecule has 4 aromatic rings. The van der Waals surface area contributed by atoms with Gasteiger partial charge in [0.2, 0.25) is 0 Å². The number of ether oxygens (including phenoxy) is 1. The van der Waals surface area contributed by atoms with Gasteiger partial charge in [-0.05, 0) is 30.7 Å². The van der Waals surface area contributed by atoms with Crippen molar-refractivity contribution in [1.29, 1.82) is 0 Å². The van der Waals surface area contributed by atoms with Gasteiger partial charge in [0, 0.05) is 43.6 Å². The van der Waals surface area contributed by atoms with Crippen molar-refractivity contribution in [3.8, 4) is 17.0 Å². The highest BCUT2D eigenvalue weighted by atomic mass is 16.5. The zero-order valence-electron chi connectivity index (χ0n) is 19.9. The molecule has 0 spiro atoms. The van der Waals surface area contributed by atoms with E-state index in [2.05, 4.69) is 57.7 Å². The lowest BCUT2D eigenvalue weighted by atomic mass is 10.0. The van der Waals surface area contributed by atoms with Gasteiger partial charge in [0.25, 0.3) is 0 Å². The number of methoxy groups -OCH3 is 1. The van der Waals surface area contributed by atoms with Gasteiger partial charge in [-0.25, -0.2) is 0 Å². The minimum absolute atomic E-state index is 0.188. The molecule has 1 aliphatic rings. The Hall–Kier alpha value is -3.57. The Bertz CT molecular complexity index is 1290. The fourth-order valence-electron chi connectivity index (χ4n) is 5.13. The molecule has 0 aliphatic carbocycles. The van der Waals surface area contributed by atoms with E-state index in [1.807, 2.05) is 42.5 Å². The zero-order valence-corrected chi connectivity index (χ0v) is 19.9. The smallest absolute Gasteiger partial charge is 0.179 e. The van der Waals surface area contributed by atoms with Crippen molar-refractivity contribution in [2.75, 3.05) is 44.7 Å². The van der Waals surface area contributed by atoms with Crippen LogP contribution in [0.1, 0.15) is 17.3 Å². The third kappa shape index (κ3) is 4.08. The second-order valence-electron chi connectivity index (χ2n) is 8.71. The lowest BCUT2D eigenvalue weighted by Gasteiger charge is -2.36. The molecule has 0 N–H and O–H groups in total. The fraction of sp³-hybridized carbons (Fsp3) is 0.276. The number of ketones is 1. The number of nitrogens with zero attached hydrogens (tertiary/aromatic N) is 3. The highest BCUT2D eigenvalue weighted by molar-refractivity contribution is 6.14. The largest absolute Gasteiger partial charge is 0.495 e. The normalized spacial score (nSPS) is 14.5. The van der Waals surface area contributed by atoms with Crippen LogP contribution in [-0.4, -0.2) is 55.1 Å². The van der Waals surface area contributed by atoms with Crippen molar-refractivity contribution in [1.82, 2.24) is 9.47 Å². The first-order valence-corrected chi connectivity index (χ1v) is 12.0. The van der Waals surface area contributed by atoms with Crippen LogP contribution in [0, 0.1) is 0 Å². The molecule has 3 aromatic carbocycles. The monoisotopic (exact) mass is 453 g/mol. The van der Waals surface area contributed by atoms with Crippen LogP contribution in [0.5, 0.6) is 5.75 Å². The van der Waals surface area contributed by atoms with E-state index in [-0.39, 0.29) is 5.78 Å². The number of para-hydroxylation sites is 3. The van der Waals surface area contributed by atoms with Crippen molar-refractivity contribution < 1.29 is 9.53 Å². The van der Waals surface area contributed by atoms with Gasteiger partial charge in [-0.2, -0.15) is 0 Å². The van der Waals surface area contributed by atoms with Crippen molar-refractivity contribution in [2.24, 2.45) is 0 Å². The summed E-state index contributed by atoms with van der Waals surface area (Å²) in [5, 5.41) is 1.04. The standard InChI is InChI=1S/C29H31N3O2/c1-3-32-24-14-8-7-13-23(24)28(29(32)22-11-5-4-6-12-22)26(33)21-30-17-19-31(20-18-30)25-15-9-10-16-27(25)34-2/h4-16H,3,17-21H2,1-2H3. The van der Waals surface area contributed by atoms with Crippen LogP contribution in [0.4, 0.5) is 5.69 Å². The van der Waals surface area contributed by atoms with Gasteiger partial charge in [0.1, 0.15) is 5.75 Å². The quantitative estimate of drug-likeness (QED) is 0.354. The van der Waals surface area contributed by atoms with E-state index in [0.717, 1.165) is 71.9 Å². The van der Waals surface area contributed by atoms with E-state index in [1.165, 1.54) is 0 Å². The Kier molecular flexibility index (Phi) is 6.37. The molecule has 1 aliphatic heterocycles. The van der Waals surface area contributed by atoms with Crippen LogP contribution >= 0.6 is 0 Å². The van der Waals surface area contributed by atoms with E-state index >= 15 is 0 Å². The summed E-state index contributed by atoms with van der Waals surface area (Å²) in [6.07, 6.45) is 0. The van der Waals surface area contributed by atoms with Gasteiger partial charge in [-0.3, -0.25) is 9.69 Å². The van der Waals surface area contributed by atoms with Crippen molar-refractivity contribution in [3.63, 3.8) is 0 Å². The maximum atomic E-state index is 13.8. The summed E-state index contributed by atoms with van der Waals surface area (Å²) in [6.45, 7) is 6.82.